The minimum atomic E-state index is -0.363. The Kier molecular flexibility index (Phi) is 5.41. The molecule has 0 N–H and O–H groups in total. The van der Waals surface area contributed by atoms with Crippen LogP contribution in [0.5, 0.6) is 0 Å². The number of fused-ring (bicyclic) bond motifs is 3. The smallest absolute Gasteiger partial charge is 0.228 e. The Labute approximate surface area is 205 Å². The molecule has 0 saturated carbocycles. The Morgan fingerprint density at radius 1 is 1.06 bits per heavy atom. The SMILES string of the molecule is C[C@@H]1CN(c2nc3ccccc3c3nnc(-c4ccccc4F)n23)CCN1C(=O)Cc1cccs1. The summed E-state index contributed by atoms with van der Waals surface area (Å²) >= 11 is 1.60. The Hall–Kier alpha value is -3.85. The van der Waals surface area contributed by atoms with Crippen molar-refractivity contribution in [1.82, 2.24) is 24.5 Å². The molecule has 35 heavy (non-hydrogen) atoms. The van der Waals surface area contributed by atoms with Crippen LogP contribution in [-0.2, 0) is 11.2 Å². The Morgan fingerprint density at radius 2 is 1.89 bits per heavy atom. The fourth-order valence-electron chi connectivity index (χ4n) is 4.77. The quantitative estimate of drug-likeness (QED) is 0.376. The minimum Gasteiger partial charge on any atom is -0.338 e. The van der Waals surface area contributed by atoms with Crippen molar-refractivity contribution in [2.45, 2.75) is 19.4 Å². The lowest BCUT2D eigenvalue weighted by Crippen LogP contribution is -2.55. The van der Waals surface area contributed by atoms with E-state index in [9.17, 15) is 9.18 Å². The van der Waals surface area contributed by atoms with Gasteiger partial charge in [0.1, 0.15) is 5.82 Å². The molecule has 1 aliphatic rings. The van der Waals surface area contributed by atoms with E-state index in [1.807, 2.05) is 51.1 Å². The molecule has 0 radical (unpaired) electrons. The van der Waals surface area contributed by atoms with Crippen LogP contribution >= 0.6 is 11.3 Å². The van der Waals surface area contributed by atoms with Crippen LogP contribution in [0.2, 0.25) is 0 Å². The normalized spacial score (nSPS) is 16.3. The predicted octanol–water partition coefficient (Wildman–Crippen LogP) is 4.42. The molecular weight excluding hydrogens is 463 g/mol. The number of nitrogens with zero attached hydrogens (tertiary/aromatic N) is 6. The van der Waals surface area contributed by atoms with Gasteiger partial charge in [-0.2, -0.15) is 0 Å². The summed E-state index contributed by atoms with van der Waals surface area (Å²) in [5.41, 5.74) is 1.80. The number of amides is 1. The van der Waals surface area contributed by atoms with Crippen molar-refractivity contribution >= 4 is 39.7 Å². The monoisotopic (exact) mass is 486 g/mol. The van der Waals surface area contributed by atoms with Gasteiger partial charge in [0, 0.05) is 35.9 Å². The van der Waals surface area contributed by atoms with Crippen molar-refractivity contribution in [3.05, 3.63) is 76.7 Å². The number of hydrogen-bond donors (Lipinski definition) is 0. The van der Waals surface area contributed by atoms with E-state index in [1.165, 1.54) is 6.07 Å². The molecule has 1 saturated heterocycles. The molecule has 0 aliphatic carbocycles. The number of rotatable bonds is 4. The fourth-order valence-corrected chi connectivity index (χ4v) is 5.46. The third-order valence-electron chi connectivity index (χ3n) is 6.48. The third-order valence-corrected chi connectivity index (χ3v) is 7.36. The molecule has 3 aromatic heterocycles. The molecule has 1 fully saturated rings. The summed E-state index contributed by atoms with van der Waals surface area (Å²) in [7, 11) is 0. The second-order valence-corrected chi connectivity index (χ2v) is 9.76. The average molecular weight is 487 g/mol. The first kappa shape index (κ1) is 21.7. The average Bonchev–Trinajstić information content (AvgIpc) is 3.54. The van der Waals surface area contributed by atoms with Gasteiger partial charge in [0.15, 0.2) is 11.5 Å². The molecule has 4 heterocycles. The van der Waals surface area contributed by atoms with Crippen molar-refractivity contribution in [2.24, 2.45) is 0 Å². The topological polar surface area (TPSA) is 66.6 Å². The Bertz CT molecular complexity index is 1530. The molecule has 5 aromatic rings. The van der Waals surface area contributed by atoms with E-state index in [4.69, 9.17) is 4.98 Å². The van der Waals surface area contributed by atoms with Crippen LogP contribution in [0, 0.1) is 5.82 Å². The molecule has 9 heteroatoms. The van der Waals surface area contributed by atoms with Gasteiger partial charge in [0.25, 0.3) is 0 Å². The number of benzene rings is 2. The summed E-state index contributed by atoms with van der Waals surface area (Å²) in [5.74, 6) is 0.834. The van der Waals surface area contributed by atoms with Crippen molar-refractivity contribution in [1.29, 1.82) is 0 Å². The van der Waals surface area contributed by atoms with Crippen molar-refractivity contribution in [3.8, 4) is 11.4 Å². The second-order valence-electron chi connectivity index (χ2n) is 8.73. The zero-order valence-electron chi connectivity index (χ0n) is 19.1. The summed E-state index contributed by atoms with van der Waals surface area (Å²) in [4.78, 5) is 23.1. The number of anilines is 1. The molecule has 176 valence electrons. The Balaban J connectivity index is 1.40. The van der Waals surface area contributed by atoms with Gasteiger partial charge in [-0.25, -0.2) is 13.8 Å². The maximum Gasteiger partial charge on any atom is 0.228 e. The van der Waals surface area contributed by atoms with E-state index in [1.54, 1.807) is 29.5 Å². The molecular formula is C26H23FN6OS. The molecule has 0 unspecified atom stereocenters. The third kappa shape index (κ3) is 3.81. The fraction of sp³-hybridized carbons (Fsp3) is 0.231. The zero-order chi connectivity index (χ0) is 23.9. The van der Waals surface area contributed by atoms with E-state index < -0.39 is 0 Å². The highest BCUT2D eigenvalue weighted by Gasteiger charge is 2.30. The van der Waals surface area contributed by atoms with E-state index in [-0.39, 0.29) is 17.8 Å². The number of halogens is 1. The highest BCUT2D eigenvalue weighted by atomic mass is 32.1. The number of hydrogen-bond acceptors (Lipinski definition) is 6. The molecule has 1 aliphatic heterocycles. The first-order valence-electron chi connectivity index (χ1n) is 11.6. The van der Waals surface area contributed by atoms with Gasteiger partial charge < -0.3 is 9.80 Å². The summed E-state index contributed by atoms with van der Waals surface area (Å²) in [6, 6.07) is 18.3. The number of para-hydroxylation sites is 1. The second kappa shape index (κ2) is 8.74. The van der Waals surface area contributed by atoms with Gasteiger partial charge in [0.2, 0.25) is 11.9 Å². The lowest BCUT2D eigenvalue weighted by molar-refractivity contribution is -0.132. The van der Waals surface area contributed by atoms with Crippen LogP contribution in [-0.4, -0.2) is 56.1 Å². The first-order valence-corrected chi connectivity index (χ1v) is 12.4. The number of piperazine rings is 1. The maximum atomic E-state index is 14.8. The number of carbonyl (C=O) groups excluding carboxylic acids is 1. The summed E-state index contributed by atoms with van der Waals surface area (Å²) in [6.45, 7) is 3.85. The van der Waals surface area contributed by atoms with Crippen molar-refractivity contribution in [3.63, 3.8) is 0 Å². The van der Waals surface area contributed by atoms with Crippen LogP contribution in [0.3, 0.4) is 0 Å². The van der Waals surface area contributed by atoms with Gasteiger partial charge >= 0.3 is 0 Å². The van der Waals surface area contributed by atoms with Crippen molar-refractivity contribution < 1.29 is 9.18 Å². The molecule has 7 nitrogen and oxygen atoms in total. The molecule has 6 rings (SSSR count). The summed E-state index contributed by atoms with van der Waals surface area (Å²) in [5, 5.41) is 11.7. The number of aromatic nitrogens is 4. The lowest BCUT2D eigenvalue weighted by Gasteiger charge is -2.40. The maximum absolute atomic E-state index is 14.8. The van der Waals surface area contributed by atoms with E-state index >= 15 is 0 Å². The number of carbonyl (C=O) groups is 1. The van der Waals surface area contributed by atoms with Gasteiger partial charge in [0.05, 0.1) is 17.5 Å². The largest absolute Gasteiger partial charge is 0.338 e. The highest BCUT2D eigenvalue weighted by molar-refractivity contribution is 7.10. The molecule has 0 spiro atoms. The summed E-state index contributed by atoms with van der Waals surface area (Å²) in [6.07, 6.45) is 0.420. The van der Waals surface area contributed by atoms with E-state index in [2.05, 4.69) is 22.0 Å². The molecule has 0 bridgehead atoms. The van der Waals surface area contributed by atoms with Crippen LogP contribution < -0.4 is 4.90 Å². The van der Waals surface area contributed by atoms with Gasteiger partial charge in [-0.3, -0.25) is 4.79 Å². The van der Waals surface area contributed by atoms with E-state index in [0.29, 0.717) is 49.0 Å². The lowest BCUT2D eigenvalue weighted by atomic mass is 10.1. The first-order chi connectivity index (χ1) is 17.1. The van der Waals surface area contributed by atoms with Gasteiger partial charge in [-0.15, -0.1) is 21.5 Å². The Morgan fingerprint density at radius 3 is 2.69 bits per heavy atom. The van der Waals surface area contributed by atoms with Crippen LogP contribution in [0.25, 0.3) is 27.9 Å². The molecule has 1 amide bonds. The standard InChI is InChI=1S/C26H23FN6OS/c1-17-16-31(12-13-32(17)23(34)15-18-7-6-14-35-18)26-28-22-11-5-3-9-20(22)25-30-29-24(33(25)26)19-8-2-4-10-21(19)27/h2-11,14,17H,12-13,15-16H2,1H3/t17-/m1/s1. The van der Waals surface area contributed by atoms with Crippen LogP contribution in [0.1, 0.15) is 11.8 Å². The van der Waals surface area contributed by atoms with Crippen molar-refractivity contribution in [2.75, 3.05) is 24.5 Å². The van der Waals surface area contributed by atoms with Crippen LogP contribution in [0.4, 0.5) is 10.3 Å². The van der Waals surface area contributed by atoms with Gasteiger partial charge in [-0.05, 0) is 42.6 Å². The highest BCUT2D eigenvalue weighted by Crippen LogP contribution is 2.30. The minimum absolute atomic E-state index is 0.00655. The zero-order valence-corrected chi connectivity index (χ0v) is 20.0. The predicted molar refractivity (Wildman–Crippen MR) is 135 cm³/mol. The van der Waals surface area contributed by atoms with E-state index in [0.717, 1.165) is 15.8 Å². The molecule has 2 aromatic carbocycles. The van der Waals surface area contributed by atoms with Gasteiger partial charge in [-0.1, -0.05) is 30.3 Å². The number of thiophene rings is 1. The van der Waals surface area contributed by atoms with Crippen LogP contribution in [0.15, 0.2) is 66.0 Å². The summed E-state index contributed by atoms with van der Waals surface area (Å²) < 4.78 is 16.6. The molecule has 1 atom stereocenters.